The van der Waals surface area contributed by atoms with Crippen molar-refractivity contribution >= 4 is 29.9 Å². The van der Waals surface area contributed by atoms with Crippen molar-refractivity contribution < 1.29 is 0 Å². The van der Waals surface area contributed by atoms with Crippen LogP contribution in [0.15, 0.2) is 4.99 Å². The van der Waals surface area contributed by atoms with E-state index in [2.05, 4.69) is 62.2 Å². The van der Waals surface area contributed by atoms with Crippen molar-refractivity contribution in [2.24, 2.45) is 12.0 Å². The molecule has 0 bridgehead atoms. The first-order valence-electron chi connectivity index (χ1n) is 10.2. The predicted octanol–water partition coefficient (Wildman–Crippen LogP) is 3.26. The quantitative estimate of drug-likeness (QED) is 0.283. The van der Waals surface area contributed by atoms with Gasteiger partial charge in [-0.1, -0.05) is 13.8 Å². The summed E-state index contributed by atoms with van der Waals surface area (Å²) < 4.78 is 1.95. The van der Waals surface area contributed by atoms with Gasteiger partial charge < -0.3 is 15.5 Å². The minimum Gasteiger partial charge on any atom is -0.357 e. The van der Waals surface area contributed by atoms with Crippen molar-refractivity contribution in [2.75, 3.05) is 32.7 Å². The molecule has 1 unspecified atom stereocenters. The number of aryl methyl sites for hydroxylation is 2. The van der Waals surface area contributed by atoms with Crippen molar-refractivity contribution in [3.8, 4) is 0 Å². The minimum atomic E-state index is 0. The van der Waals surface area contributed by atoms with E-state index in [1.165, 1.54) is 24.2 Å². The molecule has 0 saturated heterocycles. The smallest absolute Gasteiger partial charge is 0.191 e. The maximum atomic E-state index is 4.76. The zero-order chi connectivity index (χ0) is 19.5. The molecule has 0 aliphatic heterocycles. The highest BCUT2D eigenvalue weighted by Crippen LogP contribution is 2.12. The molecule has 0 aliphatic carbocycles. The van der Waals surface area contributed by atoms with Gasteiger partial charge in [-0.2, -0.15) is 5.10 Å². The third kappa shape index (κ3) is 9.27. The van der Waals surface area contributed by atoms with E-state index in [0.717, 1.165) is 50.7 Å². The maximum Gasteiger partial charge on any atom is 0.191 e. The van der Waals surface area contributed by atoms with Crippen molar-refractivity contribution in [3.63, 3.8) is 0 Å². The van der Waals surface area contributed by atoms with Crippen LogP contribution in [0, 0.1) is 13.8 Å². The Kier molecular flexibility index (Phi) is 13.8. The van der Waals surface area contributed by atoms with Gasteiger partial charge in [0.25, 0.3) is 0 Å². The highest BCUT2D eigenvalue weighted by molar-refractivity contribution is 14.0. The van der Waals surface area contributed by atoms with Gasteiger partial charge in [-0.05, 0) is 72.2 Å². The number of halogens is 1. The summed E-state index contributed by atoms with van der Waals surface area (Å²) in [6.07, 6.45) is 3.30. The number of nitrogens with one attached hydrogen (secondary N) is 2. The van der Waals surface area contributed by atoms with Gasteiger partial charge in [0.05, 0.1) is 5.69 Å². The van der Waals surface area contributed by atoms with Crippen LogP contribution < -0.4 is 10.6 Å². The van der Waals surface area contributed by atoms with E-state index in [4.69, 9.17) is 4.99 Å². The Bertz CT molecular complexity index is 551. The minimum absolute atomic E-state index is 0. The zero-order valence-electron chi connectivity index (χ0n) is 18.4. The predicted molar refractivity (Wildman–Crippen MR) is 127 cm³/mol. The molecule has 1 rings (SSSR count). The Morgan fingerprint density at radius 1 is 1.22 bits per heavy atom. The maximum absolute atomic E-state index is 4.76. The van der Waals surface area contributed by atoms with Crippen LogP contribution in [0.5, 0.6) is 0 Å². The Hall–Kier alpha value is -0.830. The van der Waals surface area contributed by atoms with Crippen LogP contribution in [0.3, 0.4) is 0 Å². The van der Waals surface area contributed by atoms with E-state index in [1.54, 1.807) is 0 Å². The summed E-state index contributed by atoms with van der Waals surface area (Å²) in [6.45, 7) is 18.1. The number of hydrogen-bond donors (Lipinski definition) is 2. The highest BCUT2D eigenvalue weighted by atomic mass is 127. The normalized spacial score (nSPS) is 12.8. The second-order valence-corrected chi connectivity index (χ2v) is 7.00. The standard InChI is InChI=1S/C20H40N6.HI/c1-8-21-20(23-16(4)12-11-15-26(9-2)10-3)22-14-13-19-17(5)24-25(7)18(19)6;/h16H,8-15H2,1-7H3,(H2,21,22,23);1H. The number of hydrogen-bond acceptors (Lipinski definition) is 3. The first kappa shape index (κ1) is 26.2. The summed E-state index contributed by atoms with van der Waals surface area (Å²) in [6, 6.07) is 0.422. The Balaban J connectivity index is 0.00000676. The fraction of sp³-hybridized carbons (Fsp3) is 0.800. The van der Waals surface area contributed by atoms with Gasteiger partial charge in [-0.3, -0.25) is 9.67 Å². The van der Waals surface area contributed by atoms with Gasteiger partial charge in [0.15, 0.2) is 5.96 Å². The molecule has 1 atom stereocenters. The molecule has 0 saturated carbocycles. The van der Waals surface area contributed by atoms with Crippen molar-refractivity contribution in [3.05, 3.63) is 17.0 Å². The van der Waals surface area contributed by atoms with E-state index in [9.17, 15) is 0 Å². The monoisotopic (exact) mass is 492 g/mol. The Morgan fingerprint density at radius 3 is 2.41 bits per heavy atom. The molecule has 0 aliphatic rings. The fourth-order valence-electron chi connectivity index (χ4n) is 3.25. The lowest BCUT2D eigenvalue weighted by atomic mass is 10.1. The van der Waals surface area contributed by atoms with E-state index in [0.29, 0.717) is 6.04 Å². The van der Waals surface area contributed by atoms with Gasteiger partial charge in [-0.15, -0.1) is 24.0 Å². The molecule has 0 spiro atoms. The second-order valence-electron chi connectivity index (χ2n) is 7.00. The van der Waals surface area contributed by atoms with Crippen LogP contribution >= 0.6 is 24.0 Å². The molecule has 0 radical (unpaired) electrons. The molecule has 1 heterocycles. The van der Waals surface area contributed by atoms with Crippen LogP contribution in [-0.2, 0) is 13.5 Å². The molecule has 6 nitrogen and oxygen atoms in total. The van der Waals surface area contributed by atoms with Crippen LogP contribution in [-0.4, -0.2) is 59.4 Å². The number of aliphatic imine (C=N–C) groups is 1. The van der Waals surface area contributed by atoms with E-state index < -0.39 is 0 Å². The SMILES string of the molecule is CCNC(=NCCc1c(C)nn(C)c1C)NC(C)CCCN(CC)CC.I. The first-order chi connectivity index (χ1) is 12.4. The zero-order valence-corrected chi connectivity index (χ0v) is 20.8. The van der Waals surface area contributed by atoms with Crippen LogP contribution in [0.25, 0.3) is 0 Å². The highest BCUT2D eigenvalue weighted by Gasteiger charge is 2.10. The van der Waals surface area contributed by atoms with Crippen molar-refractivity contribution in [1.29, 1.82) is 0 Å². The summed E-state index contributed by atoms with van der Waals surface area (Å²) in [5.41, 5.74) is 3.67. The van der Waals surface area contributed by atoms with Gasteiger partial charge in [0.1, 0.15) is 0 Å². The van der Waals surface area contributed by atoms with Gasteiger partial charge in [0, 0.05) is 31.9 Å². The molecule has 2 N–H and O–H groups in total. The molecular weight excluding hydrogens is 451 g/mol. The summed E-state index contributed by atoms with van der Waals surface area (Å²) in [5, 5.41) is 11.4. The number of rotatable bonds is 11. The average Bonchev–Trinajstić information content (AvgIpc) is 2.85. The average molecular weight is 492 g/mol. The van der Waals surface area contributed by atoms with Crippen LogP contribution in [0.2, 0.25) is 0 Å². The second kappa shape index (κ2) is 14.2. The molecule has 0 fully saturated rings. The summed E-state index contributed by atoms with van der Waals surface area (Å²) in [7, 11) is 2.00. The molecule has 1 aromatic heterocycles. The number of guanidine groups is 1. The molecular formula is C20H41IN6. The Morgan fingerprint density at radius 2 is 1.89 bits per heavy atom. The fourth-order valence-corrected chi connectivity index (χ4v) is 3.25. The molecule has 27 heavy (non-hydrogen) atoms. The van der Waals surface area contributed by atoms with E-state index in [1.807, 2.05) is 11.7 Å². The Labute approximate surface area is 183 Å². The molecule has 158 valence electrons. The summed E-state index contributed by atoms with van der Waals surface area (Å²) >= 11 is 0. The van der Waals surface area contributed by atoms with Crippen molar-refractivity contribution in [1.82, 2.24) is 25.3 Å². The van der Waals surface area contributed by atoms with Crippen LogP contribution in [0.1, 0.15) is 57.5 Å². The van der Waals surface area contributed by atoms with Gasteiger partial charge in [-0.25, -0.2) is 0 Å². The first-order valence-corrected chi connectivity index (χ1v) is 10.2. The molecule has 0 amide bonds. The lowest BCUT2D eigenvalue weighted by molar-refractivity contribution is 0.292. The number of nitrogens with zero attached hydrogens (tertiary/aromatic N) is 4. The number of aromatic nitrogens is 2. The third-order valence-electron chi connectivity index (χ3n) is 5.02. The summed E-state index contributed by atoms with van der Waals surface area (Å²) in [5.74, 6) is 0.919. The summed E-state index contributed by atoms with van der Waals surface area (Å²) in [4.78, 5) is 7.24. The third-order valence-corrected chi connectivity index (χ3v) is 5.02. The van der Waals surface area contributed by atoms with Crippen molar-refractivity contribution in [2.45, 2.75) is 66.8 Å². The lowest BCUT2D eigenvalue weighted by Gasteiger charge is -2.21. The lowest BCUT2D eigenvalue weighted by Crippen LogP contribution is -2.42. The van der Waals surface area contributed by atoms with Crippen LogP contribution in [0.4, 0.5) is 0 Å². The molecule has 1 aromatic rings. The largest absolute Gasteiger partial charge is 0.357 e. The van der Waals surface area contributed by atoms with E-state index in [-0.39, 0.29) is 24.0 Å². The molecule has 7 heteroatoms. The van der Waals surface area contributed by atoms with E-state index >= 15 is 0 Å². The molecule has 0 aromatic carbocycles. The van der Waals surface area contributed by atoms with Gasteiger partial charge in [0.2, 0.25) is 0 Å². The van der Waals surface area contributed by atoms with Gasteiger partial charge >= 0.3 is 0 Å². The topological polar surface area (TPSA) is 57.5 Å².